The van der Waals surface area contributed by atoms with Crippen molar-refractivity contribution in [3.8, 4) is 0 Å². The van der Waals surface area contributed by atoms with Crippen LogP contribution in [0, 0.1) is 0 Å². The van der Waals surface area contributed by atoms with Crippen molar-refractivity contribution < 1.29 is 14.3 Å². The summed E-state index contributed by atoms with van der Waals surface area (Å²) in [6, 6.07) is 5.51. The highest BCUT2D eigenvalue weighted by Crippen LogP contribution is 2.24. The summed E-state index contributed by atoms with van der Waals surface area (Å²) in [5.74, 6) is 0.861. The molecule has 0 bridgehead atoms. The van der Waals surface area contributed by atoms with E-state index >= 15 is 0 Å². The van der Waals surface area contributed by atoms with Gasteiger partial charge in [-0.1, -0.05) is 0 Å². The number of anilines is 3. The molecule has 1 saturated carbocycles. The predicted octanol–water partition coefficient (Wildman–Crippen LogP) is 2.72. The number of rotatable bonds is 7. The molecule has 5 rings (SSSR count). The van der Waals surface area contributed by atoms with Crippen LogP contribution in [0.3, 0.4) is 0 Å². The van der Waals surface area contributed by atoms with E-state index in [0.717, 1.165) is 38.5 Å². The van der Waals surface area contributed by atoms with Crippen LogP contribution >= 0.6 is 0 Å². The number of ether oxygens (including phenoxy) is 2. The van der Waals surface area contributed by atoms with E-state index in [1.807, 2.05) is 12.3 Å². The number of fused-ring (bicyclic) bond motifs is 1. The Morgan fingerprint density at radius 2 is 2.06 bits per heavy atom. The zero-order valence-electron chi connectivity index (χ0n) is 20.7. The second kappa shape index (κ2) is 10.7. The van der Waals surface area contributed by atoms with Gasteiger partial charge in [-0.2, -0.15) is 9.61 Å². The zero-order chi connectivity index (χ0) is 25.1. The second-order valence-electron chi connectivity index (χ2n) is 9.37. The average Bonchev–Trinajstić information content (AvgIpc) is 3.34. The van der Waals surface area contributed by atoms with E-state index in [4.69, 9.17) is 9.47 Å². The molecule has 2 aliphatic rings. The molecule has 0 aromatic carbocycles. The molecule has 11 heteroatoms. The minimum absolute atomic E-state index is 0.0456. The van der Waals surface area contributed by atoms with E-state index in [0.29, 0.717) is 41.7 Å². The molecule has 0 radical (unpaired) electrons. The summed E-state index contributed by atoms with van der Waals surface area (Å²) in [6.45, 7) is 1.30. The summed E-state index contributed by atoms with van der Waals surface area (Å²) in [5, 5.41) is 13.8. The smallest absolute Gasteiger partial charge is 0.274 e. The number of nitrogens with zero attached hydrogens (tertiary/aromatic N) is 4. The van der Waals surface area contributed by atoms with Crippen molar-refractivity contribution in [3.63, 3.8) is 0 Å². The van der Waals surface area contributed by atoms with Gasteiger partial charge in [0.1, 0.15) is 22.9 Å². The van der Waals surface area contributed by atoms with Gasteiger partial charge in [0.15, 0.2) is 5.65 Å². The van der Waals surface area contributed by atoms with Crippen LogP contribution in [0.15, 0.2) is 35.4 Å². The van der Waals surface area contributed by atoms with E-state index in [9.17, 15) is 9.59 Å². The number of carbonyl (C=O) groups is 1. The predicted molar refractivity (Wildman–Crippen MR) is 136 cm³/mol. The molecule has 1 aliphatic heterocycles. The van der Waals surface area contributed by atoms with Crippen LogP contribution < -0.4 is 21.5 Å². The molecule has 1 saturated heterocycles. The van der Waals surface area contributed by atoms with Gasteiger partial charge in [-0.05, 0) is 50.7 Å². The summed E-state index contributed by atoms with van der Waals surface area (Å²) in [4.78, 5) is 31.1. The standard InChI is InChI=1S/C25H33N7O4/c1-26-22-14-21(29-20-7-4-10-31(25(20)34)17-8-11-36-12-9-17)30-23-19(15-27-32(22)23)24(33)28-16-5-3-6-18(13-16)35-2/h4,7,10,14-18,26H,3,5-6,8-9,11-13H2,1-2H3,(H,28,33)(H,29,30)/t16-,18-/m1/s1. The Labute approximate surface area is 209 Å². The number of pyridine rings is 1. The fourth-order valence-corrected chi connectivity index (χ4v) is 5.11. The summed E-state index contributed by atoms with van der Waals surface area (Å²) >= 11 is 0. The maximum Gasteiger partial charge on any atom is 0.274 e. The third-order valence-electron chi connectivity index (χ3n) is 7.09. The van der Waals surface area contributed by atoms with Gasteiger partial charge in [0.2, 0.25) is 0 Å². The molecule has 11 nitrogen and oxygen atoms in total. The molecule has 3 N–H and O–H groups in total. The van der Waals surface area contributed by atoms with Gasteiger partial charge in [-0.3, -0.25) is 9.59 Å². The van der Waals surface area contributed by atoms with Gasteiger partial charge in [0.25, 0.3) is 11.5 Å². The molecule has 192 valence electrons. The molecule has 3 aromatic heterocycles. The summed E-state index contributed by atoms with van der Waals surface area (Å²) in [7, 11) is 3.48. The molecule has 4 heterocycles. The van der Waals surface area contributed by atoms with Gasteiger partial charge in [-0.15, -0.1) is 0 Å². The third kappa shape index (κ3) is 4.93. The Morgan fingerprint density at radius 3 is 2.83 bits per heavy atom. The number of aromatic nitrogens is 4. The average molecular weight is 496 g/mol. The highest BCUT2D eigenvalue weighted by molar-refractivity contribution is 6.00. The Kier molecular flexibility index (Phi) is 7.19. The fourth-order valence-electron chi connectivity index (χ4n) is 5.11. The minimum atomic E-state index is -0.222. The first-order chi connectivity index (χ1) is 17.6. The van der Waals surface area contributed by atoms with Crippen molar-refractivity contribution >= 4 is 28.9 Å². The number of hydrogen-bond donors (Lipinski definition) is 3. The SMILES string of the molecule is CNc1cc(Nc2cccn(C3CCOCC3)c2=O)nc2c(C(=O)N[C@@H]3CCC[C@@H](OC)C3)cnn12. The molecule has 1 amide bonds. The maximum atomic E-state index is 13.2. The lowest BCUT2D eigenvalue weighted by Crippen LogP contribution is -2.40. The highest BCUT2D eigenvalue weighted by atomic mass is 16.5. The monoisotopic (exact) mass is 495 g/mol. The van der Waals surface area contributed by atoms with E-state index < -0.39 is 0 Å². The molecule has 3 aromatic rings. The first-order valence-electron chi connectivity index (χ1n) is 12.5. The summed E-state index contributed by atoms with van der Waals surface area (Å²) < 4.78 is 14.3. The number of hydrogen-bond acceptors (Lipinski definition) is 8. The van der Waals surface area contributed by atoms with Crippen molar-refractivity contribution in [2.24, 2.45) is 0 Å². The molecule has 2 atom stereocenters. The lowest BCUT2D eigenvalue weighted by atomic mass is 9.92. The van der Waals surface area contributed by atoms with Crippen molar-refractivity contribution in [1.82, 2.24) is 24.5 Å². The van der Waals surface area contributed by atoms with Gasteiger partial charge in [0.05, 0.1) is 12.3 Å². The Morgan fingerprint density at radius 1 is 1.22 bits per heavy atom. The van der Waals surface area contributed by atoms with Crippen LogP contribution in [0.2, 0.25) is 0 Å². The van der Waals surface area contributed by atoms with Crippen molar-refractivity contribution in [3.05, 3.63) is 46.5 Å². The van der Waals surface area contributed by atoms with Crippen LogP contribution in [0.25, 0.3) is 5.65 Å². The van der Waals surface area contributed by atoms with Crippen LogP contribution in [-0.2, 0) is 9.47 Å². The Hall–Kier alpha value is -3.44. The number of amides is 1. The number of nitrogens with one attached hydrogen (secondary N) is 3. The summed E-state index contributed by atoms with van der Waals surface area (Å²) in [6.07, 6.45) is 8.84. The van der Waals surface area contributed by atoms with E-state index in [1.54, 1.807) is 35.4 Å². The third-order valence-corrected chi connectivity index (χ3v) is 7.09. The fraction of sp³-hybridized carbons (Fsp3) is 0.520. The molecule has 0 spiro atoms. The quantitative estimate of drug-likeness (QED) is 0.457. The zero-order valence-corrected chi connectivity index (χ0v) is 20.7. The van der Waals surface area contributed by atoms with Crippen LogP contribution in [0.5, 0.6) is 0 Å². The van der Waals surface area contributed by atoms with Crippen molar-refractivity contribution in [2.45, 2.75) is 56.7 Å². The van der Waals surface area contributed by atoms with Gasteiger partial charge >= 0.3 is 0 Å². The van der Waals surface area contributed by atoms with Crippen LogP contribution in [-0.4, -0.2) is 64.6 Å². The van der Waals surface area contributed by atoms with E-state index in [2.05, 4.69) is 26.0 Å². The molecule has 1 aliphatic carbocycles. The summed E-state index contributed by atoms with van der Waals surface area (Å²) in [5.41, 5.74) is 1.08. The van der Waals surface area contributed by atoms with Gasteiger partial charge in [0, 0.05) is 51.7 Å². The van der Waals surface area contributed by atoms with Crippen molar-refractivity contribution in [2.75, 3.05) is 38.0 Å². The topological polar surface area (TPSA) is 124 Å². The van der Waals surface area contributed by atoms with Crippen LogP contribution in [0.1, 0.15) is 54.9 Å². The van der Waals surface area contributed by atoms with E-state index in [-0.39, 0.29) is 29.7 Å². The first kappa shape index (κ1) is 24.3. The molecule has 36 heavy (non-hydrogen) atoms. The number of carbonyl (C=O) groups excluding carboxylic acids is 1. The first-order valence-corrected chi connectivity index (χ1v) is 12.5. The lowest BCUT2D eigenvalue weighted by Gasteiger charge is -2.28. The van der Waals surface area contributed by atoms with E-state index in [1.165, 1.54) is 6.20 Å². The maximum absolute atomic E-state index is 13.2. The van der Waals surface area contributed by atoms with Crippen LogP contribution in [0.4, 0.5) is 17.3 Å². The minimum Gasteiger partial charge on any atom is -0.381 e. The Balaban J connectivity index is 1.42. The largest absolute Gasteiger partial charge is 0.381 e. The normalized spacial score (nSPS) is 20.8. The lowest BCUT2D eigenvalue weighted by molar-refractivity contribution is 0.0563. The van der Waals surface area contributed by atoms with Gasteiger partial charge in [-0.25, -0.2) is 4.98 Å². The highest BCUT2D eigenvalue weighted by Gasteiger charge is 2.25. The molecular weight excluding hydrogens is 462 g/mol. The molecule has 0 unspecified atom stereocenters. The molecule has 2 fully saturated rings. The van der Waals surface area contributed by atoms with Gasteiger partial charge < -0.3 is 30.0 Å². The molecular formula is C25H33N7O4. The second-order valence-corrected chi connectivity index (χ2v) is 9.37. The number of methoxy groups -OCH3 is 1. The van der Waals surface area contributed by atoms with Crippen molar-refractivity contribution in [1.29, 1.82) is 0 Å². The Bertz CT molecular complexity index is 1280.